The summed E-state index contributed by atoms with van der Waals surface area (Å²) in [5.41, 5.74) is 5.25. The molecule has 0 spiro atoms. The molecule has 0 aromatic heterocycles. The lowest BCUT2D eigenvalue weighted by Gasteiger charge is -2.27. The Morgan fingerprint density at radius 1 is 1.41 bits per heavy atom. The summed E-state index contributed by atoms with van der Waals surface area (Å²) in [5, 5.41) is 14.3. The van der Waals surface area contributed by atoms with Gasteiger partial charge in [-0.3, -0.25) is 19.2 Å². The number of aliphatic hydroxyl groups is 1. The van der Waals surface area contributed by atoms with Crippen LogP contribution in [0.5, 0.6) is 0 Å². The van der Waals surface area contributed by atoms with E-state index in [9.17, 15) is 24.3 Å². The second-order valence-electron chi connectivity index (χ2n) is 5.49. The summed E-state index contributed by atoms with van der Waals surface area (Å²) in [4.78, 5) is 48.1. The fourth-order valence-electron chi connectivity index (χ4n) is 2.79. The Kier molecular flexibility index (Phi) is 4.96. The summed E-state index contributed by atoms with van der Waals surface area (Å²) in [5.74, 6) is -1.88. The maximum absolute atomic E-state index is 12.4. The van der Waals surface area contributed by atoms with Gasteiger partial charge in [0.1, 0.15) is 18.1 Å². The number of likely N-dealkylation sites (tertiary alicyclic amines) is 1. The summed E-state index contributed by atoms with van der Waals surface area (Å²) in [7, 11) is 0. The van der Waals surface area contributed by atoms with Gasteiger partial charge in [0, 0.05) is 13.0 Å². The van der Waals surface area contributed by atoms with E-state index in [4.69, 9.17) is 5.73 Å². The number of nitrogens with one attached hydrogen (secondary N) is 2. The van der Waals surface area contributed by atoms with Crippen molar-refractivity contribution in [1.29, 1.82) is 0 Å². The predicted octanol–water partition coefficient (Wildman–Crippen LogP) is -2.78. The van der Waals surface area contributed by atoms with E-state index in [-0.39, 0.29) is 12.3 Å². The van der Waals surface area contributed by atoms with E-state index in [1.165, 1.54) is 4.90 Å². The van der Waals surface area contributed by atoms with Crippen molar-refractivity contribution >= 4 is 23.6 Å². The van der Waals surface area contributed by atoms with Crippen molar-refractivity contribution in [2.24, 2.45) is 5.73 Å². The molecule has 2 heterocycles. The summed E-state index contributed by atoms with van der Waals surface area (Å²) in [6.45, 7) is -0.230. The summed E-state index contributed by atoms with van der Waals surface area (Å²) >= 11 is 0. The highest BCUT2D eigenvalue weighted by atomic mass is 16.3. The quantitative estimate of drug-likeness (QED) is 0.434. The molecule has 5 N–H and O–H groups in total. The van der Waals surface area contributed by atoms with Crippen LogP contribution in [0.3, 0.4) is 0 Å². The molecule has 2 rings (SSSR count). The maximum Gasteiger partial charge on any atom is 0.248 e. The first-order valence-corrected chi connectivity index (χ1v) is 7.24. The lowest BCUT2D eigenvalue weighted by Crippen LogP contribution is -2.56. The molecule has 0 saturated carbocycles. The minimum absolute atomic E-state index is 0.222. The van der Waals surface area contributed by atoms with Gasteiger partial charge in [0.25, 0.3) is 0 Å². The topological polar surface area (TPSA) is 142 Å². The average Bonchev–Trinajstić information content (AvgIpc) is 3.12. The van der Waals surface area contributed by atoms with Crippen LogP contribution in [-0.4, -0.2) is 64.9 Å². The van der Waals surface area contributed by atoms with Crippen molar-refractivity contribution in [2.75, 3.05) is 13.2 Å². The van der Waals surface area contributed by atoms with Gasteiger partial charge in [-0.15, -0.1) is 0 Å². The van der Waals surface area contributed by atoms with E-state index in [1.54, 1.807) is 0 Å². The Labute approximate surface area is 127 Å². The highest BCUT2D eigenvalue weighted by Gasteiger charge is 2.37. The molecule has 2 saturated heterocycles. The van der Waals surface area contributed by atoms with Crippen molar-refractivity contribution in [3.63, 3.8) is 0 Å². The number of aliphatic hydroxyl groups excluding tert-OH is 1. The molecule has 122 valence electrons. The van der Waals surface area contributed by atoms with Crippen molar-refractivity contribution in [2.45, 2.75) is 43.8 Å². The molecule has 9 nitrogen and oxygen atoms in total. The molecule has 0 aromatic carbocycles. The summed E-state index contributed by atoms with van der Waals surface area (Å²) in [6.07, 6.45) is 1.73. The second kappa shape index (κ2) is 6.73. The monoisotopic (exact) mass is 312 g/mol. The molecule has 0 aromatic rings. The van der Waals surface area contributed by atoms with Gasteiger partial charge in [0.05, 0.1) is 6.61 Å². The maximum atomic E-state index is 12.4. The fourth-order valence-corrected chi connectivity index (χ4v) is 2.79. The van der Waals surface area contributed by atoms with Crippen LogP contribution in [0.1, 0.15) is 25.7 Å². The molecule has 0 radical (unpaired) electrons. The Hall–Kier alpha value is -2.16. The Morgan fingerprint density at radius 2 is 2.14 bits per heavy atom. The Balaban J connectivity index is 1.98. The normalized spacial score (nSPS) is 25.7. The Bertz CT molecular complexity index is 495. The first-order valence-electron chi connectivity index (χ1n) is 7.24. The lowest BCUT2D eigenvalue weighted by molar-refractivity contribution is -0.141. The number of nitrogens with zero attached hydrogens (tertiary/aromatic N) is 1. The van der Waals surface area contributed by atoms with Crippen LogP contribution in [0.4, 0.5) is 0 Å². The molecule has 9 heteroatoms. The summed E-state index contributed by atoms with van der Waals surface area (Å²) in [6, 6.07) is -2.55. The molecule has 2 fully saturated rings. The molecule has 0 aliphatic carbocycles. The molecular formula is C13H20N4O5. The third-order valence-corrected chi connectivity index (χ3v) is 3.97. The summed E-state index contributed by atoms with van der Waals surface area (Å²) < 4.78 is 0. The van der Waals surface area contributed by atoms with Crippen molar-refractivity contribution < 1.29 is 24.3 Å². The van der Waals surface area contributed by atoms with Crippen molar-refractivity contribution in [3.05, 3.63) is 0 Å². The third-order valence-electron chi connectivity index (χ3n) is 3.97. The lowest BCUT2D eigenvalue weighted by atomic mass is 10.1. The van der Waals surface area contributed by atoms with Crippen LogP contribution in [0.15, 0.2) is 0 Å². The predicted molar refractivity (Wildman–Crippen MR) is 74.1 cm³/mol. The van der Waals surface area contributed by atoms with Crippen LogP contribution in [0.25, 0.3) is 0 Å². The van der Waals surface area contributed by atoms with Crippen LogP contribution in [-0.2, 0) is 19.2 Å². The molecule has 2 aliphatic rings. The SMILES string of the molecule is NC(=O)[C@@H]1CCCN1C(=O)[C@H](CO)NC(=O)[C@@H]1CCC(=O)N1. The fraction of sp³-hybridized carbons (Fsp3) is 0.692. The van der Waals surface area contributed by atoms with Crippen LogP contribution >= 0.6 is 0 Å². The Morgan fingerprint density at radius 3 is 2.68 bits per heavy atom. The highest BCUT2D eigenvalue weighted by molar-refractivity contribution is 5.95. The van der Waals surface area contributed by atoms with E-state index < -0.39 is 42.5 Å². The van der Waals surface area contributed by atoms with Crippen LogP contribution in [0, 0.1) is 0 Å². The molecule has 0 bridgehead atoms. The minimum atomic E-state index is -1.15. The van der Waals surface area contributed by atoms with E-state index >= 15 is 0 Å². The number of carbonyl (C=O) groups excluding carboxylic acids is 4. The van der Waals surface area contributed by atoms with Gasteiger partial charge >= 0.3 is 0 Å². The van der Waals surface area contributed by atoms with Gasteiger partial charge in [-0.1, -0.05) is 0 Å². The van der Waals surface area contributed by atoms with Crippen LogP contribution < -0.4 is 16.4 Å². The van der Waals surface area contributed by atoms with Crippen molar-refractivity contribution in [3.8, 4) is 0 Å². The van der Waals surface area contributed by atoms with Gasteiger partial charge in [0.15, 0.2) is 0 Å². The zero-order valence-corrected chi connectivity index (χ0v) is 12.1. The molecule has 3 atom stereocenters. The molecule has 22 heavy (non-hydrogen) atoms. The van der Waals surface area contributed by atoms with Gasteiger partial charge in [-0.25, -0.2) is 0 Å². The number of primary amides is 1. The van der Waals surface area contributed by atoms with E-state index in [1.807, 2.05) is 0 Å². The number of carbonyl (C=O) groups is 4. The number of hydrogen-bond acceptors (Lipinski definition) is 5. The number of nitrogens with two attached hydrogens (primary N) is 1. The first kappa shape index (κ1) is 16.2. The van der Waals surface area contributed by atoms with Gasteiger partial charge in [0.2, 0.25) is 23.6 Å². The number of hydrogen-bond donors (Lipinski definition) is 4. The van der Waals surface area contributed by atoms with E-state index in [2.05, 4.69) is 10.6 Å². The number of amides is 4. The molecule has 2 aliphatic heterocycles. The zero-order valence-electron chi connectivity index (χ0n) is 12.1. The third kappa shape index (κ3) is 3.35. The molecule has 4 amide bonds. The largest absolute Gasteiger partial charge is 0.394 e. The van der Waals surface area contributed by atoms with Gasteiger partial charge in [-0.2, -0.15) is 0 Å². The van der Waals surface area contributed by atoms with Gasteiger partial charge in [-0.05, 0) is 19.3 Å². The van der Waals surface area contributed by atoms with Crippen LogP contribution in [0.2, 0.25) is 0 Å². The average molecular weight is 312 g/mol. The van der Waals surface area contributed by atoms with Crippen molar-refractivity contribution in [1.82, 2.24) is 15.5 Å². The molecule has 0 unspecified atom stereocenters. The molecular weight excluding hydrogens is 292 g/mol. The minimum Gasteiger partial charge on any atom is -0.394 e. The van der Waals surface area contributed by atoms with Gasteiger partial charge < -0.3 is 26.4 Å². The standard InChI is InChI=1S/C13H20N4O5/c14-11(20)9-2-1-5-17(9)13(22)8(6-18)16-12(21)7-3-4-10(19)15-7/h7-9,18H,1-6H2,(H2,14,20)(H,15,19)(H,16,21)/t7-,8-,9-/m0/s1. The highest BCUT2D eigenvalue weighted by Crippen LogP contribution is 2.18. The van der Waals surface area contributed by atoms with E-state index in [0.29, 0.717) is 25.8 Å². The first-order chi connectivity index (χ1) is 10.4. The zero-order chi connectivity index (χ0) is 16.3. The second-order valence-corrected chi connectivity index (χ2v) is 5.49. The smallest absolute Gasteiger partial charge is 0.248 e. The number of rotatable bonds is 5. The van der Waals surface area contributed by atoms with E-state index in [0.717, 1.165) is 0 Å².